The van der Waals surface area contributed by atoms with Crippen LogP contribution >= 0.6 is 0 Å². The quantitative estimate of drug-likeness (QED) is 0.344. The third-order valence-corrected chi connectivity index (χ3v) is 9.17. The molecule has 0 spiro atoms. The molecule has 7 nitrogen and oxygen atoms in total. The summed E-state index contributed by atoms with van der Waals surface area (Å²) in [5.74, 6) is 1.83. The van der Waals surface area contributed by atoms with Gasteiger partial charge in [0.1, 0.15) is 18.3 Å². The molecule has 0 saturated heterocycles. The Kier molecular flexibility index (Phi) is 5.72. The first kappa shape index (κ1) is 23.3. The molecule has 0 aromatic carbocycles. The number of carbonyl (C=O) groups is 2. The molecule has 0 aliphatic heterocycles. The van der Waals surface area contributed by atoms with E-state index in [1.54, 1.807) is 0 Å². The van der Waals surface area contributed by atoms with E-state index in [4.69, 9.17) is 15.9 Å². The third kappa shape index (κ3) is 3.07. The van der Waals surface area contributed by atoms with Crippen LogP contribution in [0.2, 0.25) is 0 Å². The fourth-order valence-electron chi connectivity index (χ4n) is 7.74. The van der Waals surface area contributed by atoms with E-state index in [-0.39, 0.29) is 29.8 Å². The number of hydrogen-bond donors (Lipinski definition) is 3. The molecular weight excluding hydrogens is 412 g/mol. The lowest BCUT2D eigenvalue weighted by Crippen LogP contribution is -2.60. The number of aliphatic hydroxyl groups excluding tert-OH is 2. The monoisotopic (exact) mass is 446 g/mol. The first-order valence-electron chi connectivity index (χ1n) is 11.6. The van der Waals surface area contributed by atoms with Crippen molar-refractivity contribution in [2.45, 2.75) is 83.2 Å². The van der Waals surface area contributed by atoms with Gasteiger partial charge in [-0.3, -0.25) is 9.59 Å². The summed E-state index contributed by atoms with van der Waals surface area (Å²) in [6, 6.07) is 0. The van der Waals surface area contributed by atoms with Crippen molar-refractivity contribution in [3.05, 3.63) is 11.6 Å². The zero-order valence-corrected chi connectivity index (χ0v) is 19.0. The number of aliphatic hydroxyl groups is 3. The number of fused-ring (bicyclic) bond motifs is 5. The van der Waals surface area contributed by atoms with Crippen molar-refractivity contribution in [3.8, 4) is 12.3 Å². The Bertz CT molecular complexity index is 874. The number of esters is 2. The van der Waals surface area contributed by atoms with E-state index < -0.39 is 41.3 Å². The van der Waals surface area contributed by atoms with Crippen LogP contribution in [-0.2, 0) is 19.1 Å². The molecule has 4 rings (SSSR count). The van der Waals surface area contributed by atoms with E-state index in [2.05, 4.69) is 18.9 Å². The number of allylic oxidation sites excluding steroid dienone is 1. The second-order valence-electron chi connectivity index (χ2n) is 10.4. The van der Waals surface area contributed by atoms with Crippen molar-refractivity contribution in [1.29, 1.82) is 0 Å². The molecule has 9 atom stereocenters. The largest absolute Gasteiger partial charge is 0.459 e. The second-order valence-corrected chi connectivity index (χ2v) is 10.4. The Balaban J connectivity index is 1.69. The van der Waals surface area contributed by atoms with Crippen molar-refractivity contribution >= 4 is 11.9 Å². The topological polar surface area (TPSA) is 113 Å². The van der Waals surface area contributed by atoms with Crippen LogP contribution in [-0.4, -0.2) is 57.8 Å². The van der Waals surface area contributed by atoms with Crippen molar-refractivity contribution < 1.29 is 34.4 Å². The van der Waals surface area contributed by atoms with Gasteiger partial charge in [-0.1, -0.05) is 18.9 Å². The zero-order valence-electron chi connectivity index (χ0n) is 19.0. The normalized spacial score (nSPS) is 47.2. The predicted molar refractivity (Wildman–Crippen MR) is 115 cm³/mol. The SMILES string of the molecule is C#C[C@]1(O)[C@H](OC(C)=O)C[C@H]2[C@@H]3CC=C4[C@H](O)[C@@H](OC(C)=O)CC[C@]4(C)[C@H]3CC[C@@]21CO. The second kappa shape index (κ2) is 7.86. The molecule has 0 aromatic heterocycles. The van der Waals surface area contributed by atoms with Crippen LogP contribution in [0.3, 0.4) is 0 Å². The highest BCUT2D eigenvalue weighted by atomic mass is 16.6. The lowest BCUT2D eigenvalue weighted by atomic mass is 9.46. The third-order valence-electron chi connectivity index (χ3n) is 9.17. The number of terminal acetylenes is 1. The lowest BCUT2D eigenvalue weighted by Gasteiger charge is -2.59. The standard InChI is InChI=1S/C25H34O7/c1-5-25(30)21(32-15(3)28)12-19-16-6-7-18-22(29)20(31-14(2)27)9-10-23(18,4)17(16)8-11-24(19,25)13-26/h1,7,16-17,19-22,26,29-30H,6,8-13H2,2-4H3/t16-,17+,19+,20+,21-,22+,23-,24-,25+/m1/s1. The van der Waals surface area contributed by atoms with Crippen molar-refractivity contribution in [2.75, 3.05) is 6.61 Å². The van der Waals surface area contributed by atoms with Crippen molar-refractivity contribution in [3.63, 3.8) is 0 Å². The molecule has 0 amide bonds. The summed E-state index contributed by atoms with van der Waals surface area (Å²) in [5.41, 5.74) is -2.00. The molecule has 3 fully saturated rings. The molecule has 3 N–H and O–H groups in total. The van der Waals surface area contributed by atoms with E-state index in [9.17, 15) is 24.9 Å². The highest BCUT2D eigenvalue weighted by Crippen LogP contribution is 2.67. The Morgan fingerprint density at radius 3 is 2.47 bits per heavy atom. The van der Waals surface area contributed by atoms with E-state index in [0.29, 0.717) is 25.7 Å². The van der Waals surface area contributed by atoms with Gasteiger partial charge in [-0.25, -0.2) is 0 Å². The molecule has 0 aromatic rings. The minimum Gasteiger partial charge on any atom is -0.459 e. The number of ether oxygens (including phenoxy) is 2. The van der Waals surface area contributed by atoms with Crippen LogP contribution in [0.25, 0.3) is 0 Å². The average Bonchev–Trinajstić information content (AvgIpc) is 2.98. The Labute approximate surface area is 189 Å². The molecule has 7 heteroatoms. The Morgan fingerprint density at radius 1 is 1.19 bits per heavy atom. The van der Waals surface area contributed by atoms with Gasteiger partial charge in [0.25, 0.3) is 0 Å². The highest BCUT2D eigenvalue weighted by molar-refractivity contribution is 5.67. The summed E-state index contributed by atoms with van der Waals surface area (Å²) in [7, 11) is 0. The summed E-state index contributed by atoms with van der Waals surface area (Å²) in [5, 5.41) is 33.0. The fourth-order valence-corrected chi connectivity index (χ4v) is 7.74. The van der Waals surface area contributed by atoms with Gasteiger partial charge in [-0.15, -0.1) is 6.42 Å². The number of rotatable bonds is 3. The molecular formula is C25H34O7. The van der Waals surface area contributed by atoms with Gasteiger partial charge in [-0.05, 0) is 67.3 Å². The molecule has 0 radical (unpaired) electrons. The van der Waals surface area contributed by atoms with Crippen LogP contribution in [0.4, 0.5) is 0 Å². The van der Waals surface area contributed by atoms with Crippen LogP contribution in [0.15, 0.2) is 11.6 Å². The van der Waals surface area contributed by atoms with Gasteiger partial charge in [0.15, 0.2) is 5.60 Å². The summed E-state index contributed by atoms with van der Waals surface area (Å²) >= 11 is 0. The smallest absolute Gasteiger partial charge is 0.303 e. The zero-order chi connectivity index (χ0) is 23.5. The van der Waals surface area contributed by atoms with E-state index in [0.717, 1.165) is 18.4 Å². The summed E-state index contributed by atoms with van der Waals surface area (Å²) in [6.07, 6.45) is 9.30. The summed E-state index contributed by atoms with van der Waals surface area (Å²) in [4.78, 5) is 23.2. The minimum atomic E-state index is -1.72. The Hall–Kier alpha value is -1.88. The van der Waals surface area contributed by atoms with Gasteiger partial charge < -0.3 is 24.8 Å². The summed E-state index contributed by atoms with van der Waals surface area (Å²) < 4.78 is 10.8. The number of hydrogen-bond acceptors (Lipinski definition) is 7. The average molecular weight is 447 g/mol. The lowest BCUT2D eigenvalue weighted by molar-refractivity contribution is -0.173. The maximum atomic E-state index is 11.7. The summed E-state index contributed by atoms with van der Waals surface area (Å²) in [6.45, 7) is 4.55. The van der Waals surface area contributed by atoms with Crippen LogP contribution < -0.4 is 0 Å². The van der Waals surface area contributed by atoms with Crippen LogP contribution in [0.1, 0.15) is 59.3 Å². The van der Waals surface area contributed by atoms with Gasteiger partial charge >= 0.3 is 11.9 Å². The molecule has 4 aliphatic rings. The van der Waals surface area contributed by atoms with Crippen LogP contribution in [0.5, 0.6) is 0 Å². The molecule has 0 unspecified atom stereocenters. The van der Waals surface area contributed by atoms with Gasteiger partial charge in [0.05, 0.1) is 6.61 Å². The number of carbonyl (C=O) groups excluding carboxylic acids is 2. The van der Waals surface area contributed by atoms with E-state index >= 15 is 0 Å². The Morgan fingerprint density at radius 2 is 1.88 bits per heavy atom. The van der Waals surface area contributed by atoms with Gasteiger partial charge in [-0.2, -0.15) is 0 Å². The predicted octanol–water partition coefficient (Wildman–Crippen LogP) is 1.73. The van der Waals surface area contributed by atoms with Crippen molar-refractivity contribution in [1.82, 2.24) is 0 Å². The molecule has 4 aliphatic carbocycles. The maximum absolute atomic E-state index is 11.7. The molecule has 3 saturated carbocycles. The maximum Gasteiger partial charge on any atom is 0.303 e. The minimum absolute atomic E-state index is 0.116. The van der Waals surface area contributed by atoms with E-state index in [1.807, 2.05) is 0 Å². The fraction of sp³-hybridized carbons (Fsp3) is 0.760. The first-order valence-corrected chi connectivity index (χ1v) is 11.6. The molecule has 32 heavy (non-hydrogen) atoms. The molecule has 0 bridgehead atoms. The molecule has 176 valence electrons. The van der Waals surface area contributed by atoms with E-state index in [1.165, 1.54) is 13.8 Å². The van der Waals surface area contributed by atoms with Crippen molar-refractivity contribution in [2.24, 2.45) is 28.6 Å². The highest BCUT2D eigenvalue weighted by Gasteiger charge is 2.70. The molecule has 0 heterocycles. The van der Waals surface area contributed by atoms with Crippen LogP contribution in [0, 0.1) is 40.9 Å². The van der Waals surface area contributed by atoms with Gasteiger partial charge in [0.2, 0.25) is 0 Å². The first-order chi connectivity index (χ1) is 15.0. The van der Waals surface area contributed by atoms with Gasteiger partial charge in [0, 0.05) is 19.3 Å².